The lowest BCUT2D eigenvalue weighted by Gasteiger charge is -2.47. The highest BCUT2D eigenvalue weighted by Crippen LogP contribution is 2.29. The molecule has 1 heterocycles. The maximum Gasteiger partial charge on any atom is 0.176 e. The molecule has 20 heavy (non-hydrogen) atoms. The molecule has 0 aliphatic carbocycles. The topological polar surface area (TPSA) is 58.9 Å². The predicted molar refractivity (Wildman–Crippen MR) is 81.6 cm³/mol. The fourth-order valence-corrected chi connectivity index (χ4v) is 3.41. The van der Waals surface area contributed by atoms with Crippen LogP contribution in [0.1, 0.15) is 46.4 Å². The summed E-state index contributed by atoms with van der Waals surface area (Å²) in [6.07, 6.45) is 3.02. The van der Waals surface area contributed by atoms with E-state index in [0.717, 1.165) is 38.2 Å². The number of hydrogen-bond acceptors (Lipinski definition) is 5. The molecule has 0 aromatic carbocycles. The van der Waals surface area contributed by atoms with Gasteiger partial charge in [0.2, 0.25) is 0 Å². The van der Waals surface area contributed by atoms with Crippen LogP contribution in [0.3, 0.4) is 0 Å². The van der Waals surface area contributed by atoms with Gasteiger partial charge in [0.05, 0.1) is 7.05 Å². The molecule has 1 rings (SSSR count). The Bertz CT molecular complexity index is 381. The van der Waals surface area contributed by atoms with E-state index in [1.54, 1.807) is 0 Å². The lowest BCUT2D eigenvalue weighted by Crippen LogP contribution is -2.61. The van der Waals surface area contributed by atoms with E-state index in [-0.39, 0.29) is 5.54 Å². The summed E-state index contributed by atoms with van der Waals surface area (Å²) in [6, 6.07) is 0.321. The maximum atomic E-state index is 4.33. The maximum absolute atomic E-state index is 4.33. The zero-order chi connectivity index (χ0) is 15.2. The third-order valence-electron chi connectivity index (χ3n) is 4.55. The van der Waals surface area contributed by atoms with E-state index in [2.05, 4.69) is 53.3 Å². The molecule has 0 fully saturated rings. The largest absolute Gasteiger partial charge is 0.315 e. The van der Waals surface area contributed by atoms with E-state index in [4.69, 9.17) is 0 Å². The number of tetrazole rings is 1. The van der Waals surface area contributed by atoms with Crippen molar-refractivity contribution < 1.29 is 0 Å². The average Bonchev–Trinajstić information content (AvgIpc) is 2.88. The fourth-order valence-electron chi connectivity index (χ4n) is 3.41. The molecule has 0 bridgehead atoms. The van der Waals surface area contributed by atoms with Crippen LogP contribution in [0.15, 0.2) is 0 Å². The van der Waals surface area contributed by atoms with Gasteiger partial charge in [0.15, 0.2) is 5.82 Å². The number of likely N-dealkylation sites (N-methyl/N-ethyl adjacent to an activating group) is 2. The van der Waals surface area contributed by atoms with Gasteiger partial charge in [-0.15, -0.1) is 10.2 Å². The first-order chi connectivity index (χ1) is 9.57. The summed E-state index contributed by atoms with van der Waals surface area (Å²) in [6.45, 7) is 11.1. The zero-order valence-electron chi connectivity index (χ0n) is 13.8. The van der Waals surface area contributed by atoms with E-state index < -0.39 is 0 Å². The smallest absolute Gasteiger partial charge is 0.176 e. The normalized spacial score (nSPS) is 13.9. The Labute approximate surface area is 122 Å². The molecule has 0 saturated carbocycles. The summed E-state index contributed by atoms with van der Waals surface area (Å²) in [7, 11) is 3.84. The van der Waals surface area contributed by atoms with E-state index in [1.165, 1.54) is 4.80 Å². The Morgan fingerprint density at radius 3 is 2.15 bits per heavy atom. The standard InChI is InChI=1S/C14H30N6/c1-7-14(8-2,20(9-3)10-4)12(15-5)11-13-16-18-19(6)17-13/h12,15H,7-11H2,1-6H3. The van der Waals surface area contributed by atoms with Crippen molar-refractivity contribution in [1.29, 1.82) is 0 Å². The number of hydrogen-bond donors (Lipinski definition) is 1. The van der Waals surface area contributed by atoms with Crippen molar-refractivity contribution in [3.63, 3.8) is 0 Å². The minimum Gasteiger partial charge on any atom is -0.315 e. The second kappa shape index (κ2) is 7.69. The van der Waals surface area contributed by atoms with Crippen molar-refractivity contribution in [3.05, 3.63) is 5.82 Å². The average molecular weight is 282 g/mol. The molecule has 1 aromatic rings. The van der Waals surface area contributed by atoms with Gasteiger partial charge in [0, 0.05) is 18.0 Å². The molecule has 1 aromatic heterocycles. The third kappa shape index (κ3) is 3.35. The molecule has 0 aliphatic rings. The first-order valence-electron chi connectivity index (χ1n) is 7.73. The molecule has 0 radical (unpaired) electrons. The number of nitrogens with one attached hydrogen (secondary N) is 1. The van der Waals surface area contributed by atoms with Gasteiger partial charge in [-0.25, -0.2) is 0 Å². The highest BCUT2D eigenvalue weighted by Gasteiger charge is 2.39. The van der Waals surface area contributed by atoms with Gasteiger partial charge in [-0.05, 0) is 38.2 Å². The molecule has 0 spiro atoms. The number of aryl methyl sites for hydroxylation is 1. The molecular formula is C14H30N6. The Hall–Kier alpha value is -1.01. The van der Waals surface area contributed by atoms with Gasteiger partial charge in [-0.1, -0.05) is 27.7 Å². The molecule has 1 atom stereocenters. The van der Waals surface area contributed by atoms with Crippen LogP contribution in [0.25, 0.3) is 0 Å². The third-order valence-corrected chi connectivity index (χ3v) is 4.55. The van der Waals surface area contributed by atoms with Gasteiger partial charge >= 0.3 is 0 Å². The first-order valence-corrected chi connectivity index (χ1v) is 7.73. The van der Waals surface area contributed by atoms with Crippen LogP contribution < -0.4 is 5.32 Å². The number of nitrogens with zero attached hydrogens (tertiary/aromatic N) is 5. The molecule has 116 valence electrons. The monoisotopic (exact) mass is 282 g/mol. The van der Waals surface area contributed by atoms with Crippen LogP contribution in [-0.4, -0.2) is 56.8 Å². The van der Waals surface area contributed by atoms with Gasteiger partial charge in [-0.2, -0.15) is 4.80 Å². The van der Waals surface area contributed by atoms with E-state index in [9.17, 15) is 0 Å². The Morgan fingerprint density at radius 1 is 1.20 bits per heavy atom. The van der Waals surface area contributed by atoms with Crippen LogP contribution in [0.4, 0.5) is 0 Å². The summed E-state index contributed by atoms with van der Waals surface area (Å²) in [5.74, 6) is 0.810. The molecule has 0 saturated heterocycles. The van der Waals surface area contributed by atoms with Gasteiger partial charge in [-0.3, -0.25) is 4.90 Å². The SMILES string of the molecule is CCN(CC)C(CC)(CC)C(Cc1nnn(C)n1)NC. The molecular weight excluding hydrogens is 252 g/mol. The van der Waals surface area contributed by atoms with Crippen LogP contribution >= 0.6 is 0 Å². The minimum atomic E-state index is 0.136. The van der Waals surface area contributed by atoms with Crippen molar-refractivity contribution in [1.82, 2.24) is 30.4 Å². The molecule has 6 nitrogen and oxygen atoms in total. The van der Waals surface area contributed by atoms with Crippen LogP contribution in [0.5, 0.6) is 0 Å². The second-order valence-corrected chi connectivity index (χ2v) is 5.22. The van der Waals surface area contributed by atoms with Crippen molar-refractivity contribution in [3.8, 4) is 0 Å². The molecule has 6 heteroatoms. The Balaban J connectivity index is 3.01. The van der Waals surface area contributed by atoms with E-state index in [1.807, 2.05) is 14.1 Å². The van der Waals surface area contributed by atoms with Crippen LogP contribution in [-0.2, 0) is 13.5 Å². The Morgan fingerprint density at radius 2 is 1.80 bits per heavy atom. The molecule has 1 N–H and O–H groups in total. The minimum absolute atomic E-state index is 0.136. The first kappa shape index (κ1) is 17.0. The van der Waals surface area contributed by atoms with E-state index >= 15 is 0 Å². The van der Waals surface area contributed by atoms with Crippen molar-refractivity contribution in [2.75, 3.05) is 20.1 Å². The quantitative estimate of drug-likeness (QED) is 0.738. The lowest BCUT2D eigenvalue weighted by molar-refractivity contribution is 0.0512. The summed E-state index contributed by atoms with van der Waals surface area (Å²) >= 11 is 0. The molecule has 1 unspecified atom stereocenters. The summed E-state index contributed by atoms with van der Waals surface area (Å²) in [5, 5.41) is 15.9. The summed E-state index contributed by atoms with van der Waals surface area (Å²) in [4.78, 5) is 4.09. The summed E-state index contributed by atoms with van der Waals surface area (Å²) < 4.78 is 0. The van der Waals surface area contributed by atoms with Crippen molar-refractivity contribution >= 4 is 0 Å². The zero-order valence-corrected chi connectivity index (χ0v) is 13.8. The van der Waals surface area contributed by atoms with Crippen molar-refractivity contribution in [2.24, 2.45) is 7.05 Å². The van der Waals surface area contributed by atoms with Crippen LogP contribution in [0, 0.1) is 0 Å². The second-order valence-electron chi connectivity index (χ2n) is 5.22. The van der Waals surface area contributed by atoms with Crippen molar-refractivity contribution in [2.45, 2.75) is 58.5 Å². The predicted octanol–water partition coefficient (Wildman–Crippen LogP) is 1.24. The number of aromatic nitrogens is 4. The molecule has 0 amide bonds. The molecule has 0 aliphatic heterocycles. The van der Waals surface area contributed by atoms with Crippen LogP contribution in [0.2, 0.25) is 0 Å². The Kier molecular flexibility index (Phi) is 6.55. The van der Waals surface area contributed by atoms with Gasteiger partial charge in [0.1, 0.15) is 0 Å². The lowest BCUT2D eigenvalue weighted by atomic mass is 9.80. The van der Waals surface area contributed by atoms with Gasteiger partial charge in [0.25, 0.3) is 0 Å². The van der Waals surface area contributed by atoms with E-state index in [0.29, 0.717) is 6.04 Å². The highest BCUT2D eigenvalue weighted by molar-refractivity contribution is 5.02. The van der Waals surface area contributed by atoms with Gasteiger partial charge < -0.3 is 5.32 Å². The fraction of sp³-hybridized carbons (Fsp3) is 0.929. The summed E-state index contributed by atoms with van der Waals surface area (Å²) in [5.41, 5.74) is 0.136. The number of rotatable bonds is 9. The highest BCUT2D eigenvalue weighted by atomic mass is 15.6.